The molecule has 0 spiro atoms. The van der Waals surface area contributed by atoms with Gasteiger partial charge in [0.2, 0.25) is 0 Å². The summed E-state index contributed by atoms with van der Waals surface area (Å²) in [5.41, 5.74) is 2.28. The summed E-state index contributed by atoms with van der Waals surface area (Å²) in [6.45, 7) is 0. The Kier molecular flexibility index (Phi) is 5.96. The van der Waals surface area contributed by atoms with Gasteiger partial charge >= 0.3 is 0 Å². The molecular weight excluding hydrogens is 464 g/mol. The number of aliphatic hydroxyl groups excluding tert-OH is 1. The summed E-state index contributed by atoms with van der Waals surface area (Å²) in [5.74, 6) is -0.853. The quantitative estimate of drug-likeness (QED) is 0.376. The van der Waals surface area contributed by atoms with Gasteiger partial charge in [-0.3, -0.25) is 14.5 Å². The Bertz CT molecular complexity index is 1440. The van der Waals surface area contributed by atoms with Gasteiger partial charge in [0.1, 0.15) is 11.5 Å². The van der Waals surface area contributed by atoms with E-state index in [4.69, 9.17) is 4.74 Å². The predicted octanol–water partition coefficient (Wildman–Crippen LogP) is 5.11. The lowest BCUT2D eigenvalue weighted by Crippen LogP contribution is -2.31. The number of anilines is 1. The largest absolute Gasteiger partial charge is 0.508 e. The van der Waals surface area contributed by atoms with Gasteiger partial charge in [0.05, 0.1) is 28.9 Å². The first-order chi connectivity index (χ1) is 17.0. The van der Waals surface area contributed by atoms with Crippen LogP contribution in [0.4, 0.5) is 5.13 Å². The number of nitrogens with zero attached hydrogens (tertiary/aromatic N) is 2. The molecule has 1 unspecified atom stereocenters. The number of carbonyl (C=O) groups excluding carboxylic acids is 2. The van der Waals surface area contributed by atoms with Crippen LogP contribution in [0.25, 0.3) is 10.2 Å². The van der Waals surface area contributed by atoms with Crippen LogP contribution in [0.1, 0.15) is 23.6 Å². The molecule has 1 aliphatic rings. The third-order valence-electron chi connectivity index (χ3n) is 5.99. The number of aryl methyl sites for hydroxylation is 1. The summed E-state index contributed by atoms with van der Waals surface area (Å²) in [5, 5.41) is 21.0. The summed E-state index contributed by atoms with van der Waals surface area (Å²) in [4.78, 5) is 32.6. The topological polar surface area (TPSA) is 100.0 Å². The van der Waals surface area contributed by atoms with Gasteiger partial charge in [-0.15, -0.1) is 0 Å². The number of hydrogen-bond acceptors (Lipinski definition) is 7. The summed E-state index contributed by atoms with van der Waals surface area (Å²) >= 11 is 1.27. The van der Waals surface area contributed by atoms with Crippen molar-refractivity contribution in [3.8, 4) is 11.5 Å². The first-order valence-corrected chi connectivity index (χ1v) is 11.8. The fourth-order valence-corrected chi connectivity index (χ4v) is 5.24. The van der Waals surface area contributed by atoms with Crippen LogP contribution in [0.15, 0.2) is 84.1 Å². The van der Waals surface area contributed by atoms with Gasteiger partial charge in [-0.1, -0.05) is 53.8 Å². The highest BCUT2D eigenvalue weighted by Gasteiger charge is 2.45. The maximum Gasteiger partial charge on any atom is 0.296 e. The van der Waals surface area contributed by atoms with Crippen molar-refractivity contribution in [2.24, 2.45) is 0 Å². The minimum absolute atomic E-state index is 0.0356. The Morgan fingerprint density at radius 3 is 2.51 bits per heavy atom. The maximum atomic E-state index is 13.4. The van der Waals surface area contributed by atoms with Crippen molar-refractivity contribution in [3.63, 3.8) is 0 Å². The minimum Gasteiger partial charge on any atom is -0.508 e. The highest BCUT2D eigenvalue weighted by atomic mass is 32.1. The molecule has 2 N–H and O–H groups in total. The van der Waals surface area contributed by atoms with Crippen LogP contribution < -0.4 is 9.64 Å². The molecule has 4 aromatic rings. The van der Waals surface area contributed by atoms with Crippen LogP contribution in [0.2, 0.25) is 0 Å². The normalized spacial score (nSPS) is 15.7. The number of fused-ring (bicyclic) bond motifs is 1. The number of Topliss-reactive ketones (excluding diaryl/α,β-unsaturated/α-hetero) is 1. The average Bonchev–Trinajstić information content (AvgIpc) is 3.41. The highest BCUT2D eigenvalue weighted by Crippen LogP contribution is 2.44. The number of aliphatic hydroxyl groups is 1. The monoisotopic (exact) mass is 486 g/mol. The number of aromatic nitrogens is 1. The second-order valence-electron chi connectivity index (χ2n) is 8.17. The van der Waals surface area contributed by atoms with Crippen LogP contribution in [0, 0.1) is 0 Å². The van der Waals surface area contributed by atoms with Crippen molar-refractivity contribution in [1.82, 2.24) is 4.98 Å². The van der Waals surface area contributed by atoms with Gasteiger partial charge in [0.25, 0.3) is 5.91 Å². The molecule has 0 saturated heterocycles. The van der Waals surface area contributed by atoms with E-state index in [-0.39, 0.29) is 23.5 Å². The number of benzene rings is 3. The van der Waals surface area contributed by atoms with Crippen LogP contribution >= 0.6 is 11.3 Å². The number of amides is 1. The zero-order chi connectivity index (χ0) is 24.5. The number of rotatable bonds is 7. The van der Waals surface area contributed by atoms with Crippen molar-refractivity contribution in [2.75, 3.05) is 12.0 Å². The second-order valence-corrected chi connectivity index (χ2v) is 9.18. The maximum absolute atomic E-state index is 13.4. The van der Waals surface area contributed by atoms with Crippen molar-refractivity contribution < 1.29 is 24.5 Å². The second kappa shape index (κ2) is 9.23. The summed E-state index contributed by atoms with van der Waals surface area (Å²) in [7, 11) is 1.57. The molecule has 2 heterocycles. The molecule has 0 fully saturated rings. The Labute approximate surface area is 205 Å². The van der Waals surface area contributed by atoms with Crippen molar-refractivity contribution >= 4 is 38.4 Å². The van der Waals surface area contributed by atoms with Crippen LogP contribution in [0.5, 0.6) is 11.5 Å². The number of methoxy groups -OCH3 is 1. The Balaban J connectivity index is 1.55. The van der Waals surface area contributed by atoms with E-state index in [1.807, 2.05) is 36.4 Å². The molecule has 3 aromatic carbocycles. The zero-order valence-electron chi connectivity index (χ0n) is 18.8. The predicted molar refractivity (Wildman–Crippen MR) is 134 cm³/mol. The van der Waals surface area contributed by atoms with E-state index in [1.54, 1.807) is 31.4 Å². The van der Waals surface area contributed by atoms with Gasteiger partial charge < -0.3 is 14.9 Å². The number of aromatic hydroxyl groups is 1. The number of ether oxygens (including phenoxy) is 1. The van der Waals surface area contributed by atoms with Gasteiger partial charge in [0, 0.05) is 6.42 Å². The van der Waals surface area contributed by atoms with E-state index in [2.05, 4.69) is 4.98 Å². The molecule has 0 aliphatic carbocycles. The molecule has 7 nitrogen and oxygen atoms in total. The molecule has 35 heavy (non-hydrogen) atoms. The molecule has 0 saturated carbocycles. The van der Waals surface area contributed by atoms with E-state index in [0.717, 1.165) is 10.3 Å². The zero-order valence-corrected chi connectivity index (χ0v) is 19.7. The van der Waals surface area contributed by atoms with Gasteiger partial charge in [-0.05, 0) is 47.9 Å². The van der Waals surface area contributed by atoms with E-state index in [1.165, 1.54) is 28.4 Å². The highest BCUT2D eigenvalue weighted by molar-refractivity contribution is 7.22. The molecule has 1 aromatic heterocycles. The smallest absolute Gasteiger partial charge is 0.296 e. The molecule has 1 amide bonds. The molecule has 1 aliphatic heterocycles. The molecule has 1 atom stereocenters. The molecule has 176 valence electrons. The first kappa shape index (κ1) is 22.6. The van der Waals surface area contributed by atoms with E-state index >= 15 is 0 Å². The Hall–Kier alpha value is -4.17. The lowest BCUT2D eigenvalue weighted by atomic mass is 9.93. The van der Waals surface area contributed by atoms with Gasteiger partial charge in [-0.25, -0.2) is 4.98 Å². The summed E-state index contributed by atoms with van der Waals surface area (Å²) < 4.78 is 6.10. The van der Waals surface area contributed by atoms with Crippen LogP contribution in [-0.4, -0.2) is 34.0 Å². The van der Waals surface area contributed by atoms with E-state index in [9.17, 15) is 19.8 Å². The van der Waals surface area contributed by atoms with Gasteiger partial charge in [-0.2, -0.15) is 0 Å². The van der Waals surface area contributed by atoms with E-state index < -0.39 is 17.7 Å². The molecule has 0 radical (unpaired) electrons. The molecule has 8 heteroatoms. The van der Waals surface area contributed by atoms with Crippen molar-refractivity contribution in [3.05, 3.63) is 95.3 Å². The SMILES string of the molecule is COc1ccc2nc(N3C(=O)C(O)=C(C(=O)CCc4ccccc4)C3c3ccc(O)cc3)sc2c1. The number of ketones is 1. The fourth-order valence-electron chi connectivity index (χ4n) is 4.22. The summed E-state index contributed by atoms with van der Waals surface area (Å²) in [6.07, 6.45) is 0.615. The van der Waals surface area contributed by atoms with Gasteiger partial charge in [0.15, 0.2) is 16.7 Å². The average molecular weight is 487 g/mol. The number of phenols is 1. The third kappa shape index (κ3) is 4.24. The van der Waals surface area contributed by atoms with E-state index in [0.29, 0.717) is 28.4 Å². The molecule has 5 rings (SSSR count). The van der Waals surface area contributed by atoms with Crippen molar-refractivity contribution in [2.45, 2.75) is 18.9 Å². The Morgan fingerprint density at radius 1 is 1.06 bits per heavy atom. The lowest BCUT2D eigenvalue weighted by molar-refractivity contribution is -0.118. The molecule has 0 bridgehead atoms. The van der Waals surface area contributed by atoms with Crippen LogP contribution in [0.3, 0.4) is 0 Å². The number of carbonyl (C=O) groups is 2. The number of phenolic OH excluding ortho intramolecular Hbond substituents is 1. The third-order valence-corrected chi connectivity index (χ3v) is 7.01. The summed E-state index contributed by atoms with van der Waals surface area (Å²) in [6, 6.07) is 20.4. The minimum atomic E-state index is -0.867. The Morgan fingerprint density at radius 2 is 1.80 bits per heavy atom. The number of thiazole rings is 1. The molecular formula is C27H22N2O5S. The van der Waals surface area contributed by atoms with Crippen molar-refractivity contribution in [1.29, 1.82) is 0 Å². The standard InChI is InChI=1S/C27H22N2O5S/c1-34-19-12-13-20-22(15-19)35-27(28-20)29-24(17-8-10-18(30)11-9-17)23(25(32)26(29)33)21(31)14-7-16-5-3-2-4-6-16/h2-6,8-13,15,24,30,32H,7,14H2,1H3. The first-order valence-electron chi connectivity index (χ1n) is 11.0. The fraction of sp³-hybridized carbons (Fsp3) is 0.148. The lowest BCUT2D eigenvalue weighted by Gasteiger charge is -2.24. The number of hydrogen-bond donors (Lipinski definition) is 2. The van der Waals surface area contributed by atoms with Crippen LogP contribution in [-0.2, 0) is 16.0 Å².